The lowest BCUT2D eigenvalue weighted by molar-refractivity contribution is 0.338. The van der Waals surface area contributed by atoms with Crippen molar-refractivity contribution >= 4 is 27.0 Å². The molecule has 0 aliphatic heterocycles. The molecule has 0 bridgehead atoms. The van der Waals surface area contributed by atoms with Crippen LogP contribution < -0.4 is 4.74 Å². The van der Waals surface area contributed by atoms with Gasteiger partial charge in [0, 0.05) is 6.07 Å². The lowest BCUT2D eigenvalue weighted by Gasteiger charge is -2.08. The van der Waals surface area contributed by atoms with Crippen molar-refractivity contribution in [3.63, 3.8) is 0 Å². The number of aromatic nitrogens is 2. The number of fused-ring (bicyclic) bond motifs is 1. The van der Waals surface area contributed by atoms with E-state index in [1.807, 2.05) is 32.9 Å². The van der Waals surface area contributed by atoms with Gasteiger partial charge in [-0.25, -0.2) is 9.97 Å². The van der Waals surface area contributed by atoms with E-state index in [1.54, 1.807) is 0 Å². The highest BCUT2D eigenvalue weighted by Gasteiger charge is 2.07. The van der Waals surface area contributed by atoms with Crippen LogP contribution in [0.25, 0.3) is 11.0 Å². The lowest BCUT2D eigenvalue weighted by Crippen LogP contribution is -1.96. The fourth-order valence-electron chi connectivity index (χ4n) is 1.50. The summed E-state index contributed by atoms with van der Waals surface area (Å²) in [4.78, 5) is 8.99. The van der Waals surface area contributed by atoms with Crippen molar-refractivity contribution < 1.29 is 4.74 Å². The van der Waals surface area contributed by atoms with Gasteiger partial charge in [0.15, 0.2) is 0 Å². The second kappa shape index (κ2) is 4.37. The van der Waals surface area contributed by atoms with Crippen LogP contribution in [0.4, 0.5) is 0 Å². The Morgan fingerprint density at radius 3 is 2.25 bits per heavy atom. The van der Waals surface area contributed by atoms with Crippen molar-refractivity contribution in [3.8, 4) is 5.75 Å². The van der Waals surface area contributed by atoms with E-state index in [9.17, 15) is 0 Å². The number of halogens is 1. The average molecular weight is 281 g/mol. The van der Waals surface area contributed by atoms with Gasteiger partial charge in [0.05, 0.1) is 33.5 Å². The van der Waals surface area contributed by atoms with E-state index >= 15 is 0 Å². The topological polar surface area (TPSA) is 35.0 Å². The summed E-state index contributed by atoms with van der Waals surface area (Å²) >= 11 is 3.47. The first-order valence-corrected chi connectivity index (χ1v) is 5.98. The van der Waals surface area contributed by atoms with Crippen molar-refractivity contribution in [2.24, 2.45) is 0 Å². The number of rotatable bonds is 2. The molecule has 0 aliphatic carbocycles. The highest BCUT2D eigenvalue weighted by molar-refractivity contribution is 9.10. The third-order valence-electron chi connectivity index (χ3n) is 2.43. The molecule has 84 valence electrons. The van der Waals surface area contributed by atoms with Gasteiger partial charge < -0.3 is 4.74 Å². The first kappa shape index (κ1) is 11.3. The van der Waals surface area contributed by atoms with Crippen LogP contribution in [0.1, 0.15) is 18.3 Å². The Labute approximate surface area is 103 Å². The molecule has 0 amide bonds. The molecule has 0 unspecified atom stereocenters. The normalized spacial score (nSPS) is 10.8. The third-order valence-corrected chi connectivity index (χ3v) is 3.05. The van der Waals surface area contributed by atoms with E-state index in [1.165, 1.54) is 0 Å². The van der Waals surface area contributed by atoms with Gasteiger partial charge in [-0.3, -0.25) is 0 Å². The SMILES string of the molecule is CCOc1cc2nc(C)c(C)nc2cc1Br. The summed E-state index contributed by atoms with van der Waals surface area (Å²) in [6.07, 6.45) is 0. The molecule has 1 aromatic heterocycles. The predicted octanol–water partition coefficient (Wildman–Crippen LogP) is 3.41. The Bertz CT molecular complexity index is 540. The third kappa shape index (κ3) is 2.02. The summed E-state index contributed by atoms with van der Waals surface area (Å²) in [5.74, 6) is 0.813. The minimum atomic E-state index is 0.641. The highest BCUT2D eigenvalue weighted by atomic mass is 79.9. The van der Waals surface area contributed by atoms with Gasteiger partial charge in [0.25, 0.3) is 0 Å². The zero-order valence-electron chi connectivity index (χ0n) is 9.54. The minimum Gasteiger partial charge on any atom is -0.493 e. The number of ether oxygens (including phenoxy) is 1. The summed E-state index contributed by atoms with van der Waals surface area (Å²) in [6.45, 7) is 6.53. The fourth-order valence-corrected chi connectivity index (χ4v) is 1.95. The van der Waals surface area contributed by atoms with Crippen molar-refractivity contribution in [2.75, 3.05) is 6.61 Å². The van der Waals surface area contributed by atoms with Crippen LogP contribution in [0.5, 0.6) is 5.75 Å². The van der Waals surface area contributed by atoms with E-state index in [0.717, 1.165) is 32.6 Å². The molecule has 0 fully saturated rings. The summed E-state index contributed by atoms with van der Waals surface area (Å²) in [5.41, 5.74) is 3.68. The van der Waals surface area contributed by atoms with Gasteiger partial charge in [0.1, 0.15) is 5.75 Å². The van der Waals surface area contributed by atoms with Gasteiger partial charge in [-0.05, 0) is 42.8 Å². The van der Waals surface area contributed by atoms with Crippen molar-refractivity contribution in [3.05, 3.63) is 28.0 Å². The summed E-state index contributed by atoms with van der Waals surface area (Å²) in [6, 6.07) is 3.86. The number of aryl methyl sites for hydroxylation is 2. The molecule has 4 heteroatoms. The molecule has 0 saturated heterocycles. The van der Waals surface area contributed by atoms with Gasteiger partial charge in [0.2, 0.25) is 0 Å². The van der Waals surface area contributed by atoms with Crippen LogP contribution in [0.3, 0.4) is 0 Å². The number of benzene rings is 1. The molecule has 2 rings (SSSR count). The quantitative estimate of drug-likeness (QED) is 0.846. The first-order valence-electron chi connectivity index (χ1n) is 5.19. The molecule has 0 radical (unpaired) electrons. The second-order valence-corrected chi connectivity index (χ2v) is 4.45. The Morgan fingerprint density at radius 1 is 1.12 bits per heavy atom. The van der Waals surface area contributed by atoms with Crippen LogP contribution in [0, 0.1) is 13.8 Å². The van der Waals surface area contributed by atoms with Crippen molar-refractivity contribution in [2.45, 2.75) is 20.8 Å². The smallest absolute Gasteiger partial charge is 0.135 e. The molecule has 0 atom stereocenters. The van der Waals surface area contributed by atoms with E-state index in [2.05, 4.69) is 25.9 Å². The molecule has 0 saturated carbocycles. The monoisotopic (exact) mass is 280 g/mol. The molecule has 2 aromatic rings. The van der Waals surface area contributed by atoms with Crippen LogP contribution in [-0.4, -0.2) is 16.6 Å². The van der Waals surface area contributed by atoms with Gasteiger partial charge in [-0.2, -0.15) is 0 Å². The number of hydrogen-bond donors (Lipinski definition) is 0. The number of hydrogen-bond acceptors (Lipinski definition) is 3. The zero-order chi connectivity index (χ0) is 11.7. The van der Waals surface area contributed by atoms with E-state index < -0.39 is 0 Å². The van der Waals surface area contributed by atoms with Gasteiger partial charge in [-0.15, -0.1) is 0 Å². The maximum atomic E-state index is 5.50. The summed E-state index contributed by atoms with van der Waals surface area (Å²) in [5, 5.41) is 0. The Balaban J connectivity index is 2.65. The standard InChI is InChI=1S/C12H13BrN2O/c1-4-16-12-6-11-10(5-9(12)13)14-7(2)8(3)15-11/h5-6H,4H2,1-3H3. The largest absolute Gasteiger partial charge is 0.493 e. The second-order valence-electron chi connectivity index (χ2n) is 3.60. The average Bonchev–Trinajstić information content (AvgIpc) is 2.23. The Kier molecular flexibility index (Phi) is 3.10. The highest BCUT2D eigenvalue weighted by Crippen LogP contribution is 2.29. The van der Waals surface area contributed by atoms with E-state index in [0.29, 0.717) is 6.61 Å². The van der Waals surface area contributed by atoms with Gasteiger partial charge >= 0.3 is 0 Å². The summed E-state index contributed by atoms with van der Waals surface area (Å²) in [7, 11) is 0. The van der Waals surface area contributed by atoms with E-state index in [4.69, 9.17) is 4.74 Å². The minimum absolute atomic E-state index is 0.641. The van der Waals surface area contributed by atoms with E-state index in [-0.39, 0.29) is 0 Å². The van der Waals surface area contributed by atoms with Crippen molar-refractivity contribution in [1.29, 1.82) is 0 Å². The van der Waals surface area contributed by atoms with Crippen LogP contribution in [-0.2, 0) is 0 Å². The molecule has 1 aromatic carbocycles. The molecule has 0 N–H and O–H groups in total. The van der Waals surface area contributed by atoms with Crippen LogP contribution in [0.2, 0.25) is 0 Å². The Morgan fingerprint density at radius 2 is 1.69 bits per heavy atom. The maximum absolute atomic E-state index is 5.50. The molecule has 0 spiro atoms. The predicted molar refractivity (Wildman–Crippen MR) is 67.9 cm³/mol. The molecular weight excluding hydrogens is 268 g/mol. The number of nitrogens with zero attached hydrogens (tertiary/aromatic N) is 2. The molecule has 16 heavy (non-hydrogen) atoms. The van der Waals surface area contributed by atoms with Crippen molar-refractivity contribution in [1.82, 2.24) is 9.97 Å². The van der Waals surface area contributed by atoms with Gasteiger partial charge in [-0.1, -0.05) is 0 Å². The Hall–Kier alpha value is -1.16. The lowest BCUT2D eigenvalue weighted by atomic mass is 10.2. The summed E-state index contributed by atoms with van der Waals surface area (Å²) < 4.78 is 6.42. The molecule has 0 aliphatic rings. The zero-order valence-corrected chi connectivity index (χ0v) is 11.1. The molecule has 3 nitrogen and oxygen atoms in total. The maximum Gasteiger partial charge on any atom is 0.135 e. The first-order chi connectivity index (χ1) is 7.61. The van der Waals surface area contributed by atoms with Crippen LogP contribution in [0.15, 0.2) is 16.6 Å². The fraction of sp³-hybridized carbons (Fsp3) is 0.333. The molecular formula is C12H13BrN2O. The molecule has 1 heterocycles. The van der Waals surface area contributed by atoms with Crippen LogP contribution >= 0.6 is 15.9 Å².